The van der Waals surface area contributed by atoms with Crippen LogP contribution in [0.2, 0.25) is 0 Å². The molecule has 6 heterocycles. The van der Waals surface area contributed by atoms with Crippen LogP contribution in [0.4, 0.5) is 0 Å². The number of aliphatic hydroxyl groups excluding tert-OH is 2. The van der Waals surface area contributed by atoms with Crippen LogP contribution < -0.4 is 0 Å². The number of amides is 1. The summed E-state index contributed by atoms with van der Waals surface area (Å²) >= 11 is 1.65. The third-order valence-electron chi connectivity index (χ3n) is 11.5. The SMILES string of the molecule is CCc1c(C)c2cc3[nH]c(cc4nc(c(C)c5nc(cc1[nH]2)C(C)=C5)[C@@H](CCC(=O)N(C)CCCSC1CC(O)CC(CO)O1)C4C)c(C)c3CC. The minimum atomic E-state index is -0.442. The number of carbonyl (C=O) groups excluding carboxylic acids is 1. The quantitative estimate of drug-likeness (QED) is 0.147. The molecule has 0 aliphatic carbocycles. The first-order valence-electron chi connectivity index (χ1n) is 19.1. The number of ether oxygens (including phenoxy) is 1. The highest BCUT2D eigenvalue weighted by Crippen LogP contribution is 2.42. The normalized spacial score (nSPS) is 21.7. The Bertz CT molecular complexity index is 2000. The Labute approximate surface area is 312 Å². The maximum absolute atomic E-state index is 13.5. The third kappa shape index (κ3) is 7.91. The first-order chi connectivity index (χ1) is 24.9. The molecule has 280 valence electrons. The number of aryl methyl sites for hydroxylation is 4. The van der Waals surface area contributed by atoms with Gasteiger partial charge in [0.2, 0.25) is 5.91 Å². The molecule has 1 saturated heterocycles. The number of aromatic nitrogens is 4. The number of hydrogen-bond acceptors (Lipinski definition) is 7. The van der Waals surface area contributed by atoms with Gasteiger partial charge in [0.25, 0.3) is 0 Å². The van der Waals surface area contributed by atoms with Crippen molar-refractivity contribution in [2.75, 3.05) is 26.0 Å². The van der Waals surface area contributed by atoms with Gasteiger partial charge in [-0.15, -0.1) is 11.8 Å². The lowest BCUT2D eigenvalue weighted by Gasteiger charge is -2.32. The number of rotatable bonds is 11. The lowest BCUT2D eigenvalue weighted by atomic mass is 9.85. The predicted molar refractivity (Wildman–Crippen MR) is 214 cm³/mol. The van der Waals surface area contributed by atoms with Crippen LogP contribution >= 0.6 is 11.8 Å². The number of aromatic amines is 2. The standard InChI is InChI=1S/C42H57N5O4S/c1-9-30-25(5)36-21-39-31(10-2)24(4)35(44-39)20-37-26(6)32(42(46-37)27(7)34-16-23(3)33(43-34)19-38(30)45-36)12-13-40(50)47(8)14-11-15-52-41-18-28(49)17-29(22-48)51-41/h16,19-21,26,28-29,32,41,44-45,48-49H,9-15,17-18,22H2,1-8H3/t26?,28?,29?,32-,41?/m0/s1. The van der Waals surface area contributed by atoms with Crippen molar-refractivity contribution in [3.63, 3.8) is 0 Å². The van der Waals surface area contributed by atoms with E-state index in [1.165, 1.54) is 22.3 Å². The van der Waals surface area contributed by atoms with Crippen molar-refractivity contribution in [3.8, 4) is 0 Å². The molecule has 6 rings (SSSR count). The summed E-state index contributed by atoms with van der Waals surface area (Å²) in [7, 11) is 1.89. The number of carbonyl (C=O) groups is 1. The van der Waals surface area contributed by atoms with Crippen LogP contribution in [0.3, 0.4) is 0 Å². The van der Waals surface area contributed by atoms with Gasteiger partial charge in [-0.05, 0) is 117 Å². The Kier molecular flexibility index (Phi) is 12.0. The summed E-state index contributed by atoms with van der Waals surface area (Å²) in [5, 5.41) is 19.6. The van der Waals surface area contributed by atoms with E-state index < -0.39 is 6.10 Å². The summed E-state index contributed by atoms with van der Waals surface area (Å²) in [5.41, 5.74) is 15.6. The van der Waals surface area contributed by atoms with Gasteiger partial charge in [0.15, 0.2) is 0 Å². The monoisotopic (exact) mass is 727 g/mol. The molecule has 0 saturated carbocycles. The number of aliphatic hydroxyl groups is 2. The molecular formula is C42H57N5O4S. The van der Waals surface area contributed by atoms with Crippen molar-refractivity contribution in [2.45, 2.75) is 123 Å². The molecule has 4 N–H and O–H groups in total. The van der Waals surface area contributed by atoms with Crippen LogP contribution in [-0.2, 0) is 22.4 Å². The van der Waals surface area contributed by atoms with E-state index in [0.29, 0.717) is 32.2 Å². The number of fused-ring (bicyclic) bond motifs is 8. The first kappa shape index (κ1) is 38.3. The van der Waals surface area contributed by atoms with Crippen LogP contribution in [0, 0.1) is 20.8 Å². The van der Waals surface area contributed by atoms with E-state index in [1.807, 2.05) is 11.9 Å². The minimum Gasteiger partial charge on any atom is -0.394 e. The fraction of sp³-hybridized carbons (Fsp3) is 0.548. The van der Waals surface area contributed by atoms with Crippen LogP contribution in [0.5, 0.6) is 0 Å². The molecule has 0 aromatic carbocycles. The summed E-state index contributed by atoms with van der Waals surface area (Å²) in [5.74, 6) is 1.17. The summed E-state index contributed by atoms with van der Waals surface area (Å²) < 4.78 is 5.88. The fourth-order valence-corrected chi connectivity index (χ4v) is 9.35. The van der Waals surface area contributed by atoms with Crippen LogP contribution in [-0.4, -0.2) is 84.6 Å². The number of nitrogens with zero attached hydrogens (tertiary/aromatic N) is 3. The van der Waals surface area contributed by atoms with Gasteiger partial charge in [-0.1, -0.05) is 20.8 Å². The average molecular weight is 728 g/mol. The van der Waals surface area contributed by atoms with E-state index >= 15 is 0 Å². The summed E-state index contributed by atoms with van der Waals surface area (Å²) in [6.07, 6.45) is 6.30. The molecule has 3 aliphatic heterocycles. The van der Waals surface area contributed by atoms with E-state index in [9.17, 15) is 15.0 Å². The van der Waals surface area contributed by atoms with Crippen molar-refractivity contribution in [2.24, 2.45) is 0 Å². The Hall–Kier alpha value is -3.44. The zero-order valence-corrected chi connectivity index (χ0v) is 33.0. The van der Waals surface area contributed by atoms with E-state index in [4.69, 9.17) is 14.7 Å². The van der Waals surface area contributed by atoms with E-state index in [-0.39, 0.29) is 35.9 Å². The largest absolute Gasteiger partial charge is 0.394 e. The second kappa shape index (κ2) is 16.3. The first-order valence-corrected chi connectivity index (χ1v) is 20.2. The van der Waals surface area contributed by atoms with Crippen molar-refractivity contribution in [1.29, 1.82) is 0 Å². The molecule has 3 aliphatic rings. The van der Waals surface area contributed by atoms with Gasteiger partial charge in [0, 0.05) is 78.1 Å². The fourth-order valence-electron chi connectivity index (χ4n) is 8.19. The average Bonchev–Trinajstić information content (AvgIpc) is 3.82. The molecule has 0 spiro atoms. The van der Waals surface area contributed by atoms with Crippen molar-refractivity contribution in [1.82, 2.24) is 24.8 Å². The third-order valence-corrected chi connectivity index (χ3v) is 12.7. The number of nitrogens with one attached hydrogen (secondary N) is 2. The van der Waals surface area contributed by atoms with Gasteiger partial charge in [0.1, 0.15) is 5.44 Å². The number of thioether (sulfide) groups is 1. The highest BCUT2D eigenvalue weighted by Gasteiger charge is 2.32. The van der Waals surface area contributed by atoms with Gasteiger partial charge in [-0.25, -0.2) is 4.98 Å². The zero-order chi connectivity index (χ0) is 37.3. The van der Waals surface area contributed by atoms with Gasteiger partial charge in [-0.3, -0.25) is 9.78 Å². The molecular weight excluding hydrogens is 671 g/mol. The number of allylic oxidation sites excluding steroid dienone is 1. The smallest absolute Gasteiger partial charge is 0.222 e. The number of hydrogen-bond donors (Lipinski definition) is 4. The maximum Gasteiger partial charge on any atom is 0.222 e. The molecule has 52 heavy (non-hydrogen) atoms. The van der Waals surface area contributed by atoms with Gasteiger partial charge in [0.05, 0.1) is 30.2 Å². The lowest BCUT2D eigenvalue weighted by molar-refractivity contribution is -0.130. The molecule has 5 atom stereocenters. The summed E-state index contributed by atoms with van der Waals surface area (Å²) in [4.78, 5) is 33.3. The predicted octanol–water partition coefficient (Wildman–Crippen LogP) is 8.03. The van der Waals surface area contributed by atoms with Gasteiger partial charge in [-0.2, -0.15) is 0 Å². The van der Waals surface area contributed by atoms with Crippen molar-refractivity contribution < 1.29 is 19.7 Å². The maximum atomic E-state index is 13.5. The molecule has 3 aromatic rings. The molecule has 3 aromatic heterocycles. The highest BCUT2D eigenvalue weighted by atomic mass is 32.2. The van der Waals surface area contributed by atoms with Crippen LogP contribution in [0.1, 0.15) is 122 Å². The Morgan fingerprint density at radius 2 is 1.63 bits per heavy atom. The van der Waals surface area contributed by atoms with E-state index in [0.717, 1.165) is 81.0 Å². The molecule has 4 unspecified atom stereocenters. The van der Waals surface area contributed by atoms with E-state index in [1.54, 1.807) is 11.8 Å². The summed E-state index contributed by atoms with van der Waals surface area (Å²) in [6, 6.07) is 6.68. The topological polar surface area (TPSA) is 127 Å². The van der Waals surface area contributed by atoms with Crippen molar-refractivity contribution >= 4 is 51.4 Å². The summed E-state index contributed by atoms with van der Waals surface area (Å²) in [6.45, 7) is 15.9. The molecule has 9 nitrogen and oxygen atoms in total. The Morgan fingerprint density at radius 1 is 0.962 bits per heavy atom. The number of H-pyrrole nitrogens is 2. The minimum absolute atomic E-state index is 0.0756. The van der Waals surface area contributed by atoms with Crippen LogP contribution in [0.15, 0.2) is 18.2 Å². The second-order valence-electron chi connectivity index (χ2n) is 15.0. The second-order valence-corrected chi connectivity index (χ2v) is 16.2. The van der Waals surface area contributed by atoms with Gasteiger partial charge >= 0.3 is 0 Å². The van der Waals surface area contributed by atoms with E-state index in [2.05, 4.69) is 82.7 Å². The Balaban J connectivity index is 1.29. The molecule has 0 radical (unpaired) electrons. The van der Waals surface area contributed by atoms with Gasteiger partial charge < -0.3 is 29.8 Å². The van der Waals surface area contributed by atoms with Crippen LogP contribution in [0.25, 0.3) is 33.7 Å². The molecule has 1 fully saturated rings. The lowest BCUT2D eigenvalue weighted by Crippen LogP contribution is -2.36. The molecule has 10 heteroatoms. The zero-order valence-electron chi connectivity index (χ0n) is 32.2. The highest BCUT2D eigenvalue weighted by molar-refractivity contribution is 7.99. The molecule has 8 bridgehead atoms. The molecule has 1 amide bonds. The van der Waals surface area contributed by atoms with Crippen molar-refractivity contribution in [3.05, 3.63) is 68.8 Å². The Morgan fingerprint density at radius 3 is 2.31 bits per heavy atom.